The fourth-order valence-electron chi connectivity index (χ4n) is 4.10. The second-order valence-electron chi connectivity index (χ2n) is 6.56. The van der Waals surface area contributed by atoms with E-state index in [0.717, 1.165) is 25.7 Å². The largest absolute Gasteiger partial charge is 0.381 e. The van der Waals surface area contributed by atoms with Crippen LogP contribution in [0.1, 0.15) is 31.2 Å². The number of benzene rings is 1. The summed E-state index contributed by atoms with van der Waals surface area (Å²) in [4.78, 5) is 14.7. The number of rotatable bonds is 4. The number of ether oxygens (including phenoxy) is 2. The van der Waals surface area contributed by atoms with Gasteiger partial charge in [0.15, 0.2) is 0 Å². The van der Waals surface area contributed by atoms with Gasteiger partial charge < -0.3 is 14.4 Å². The molecule has 1 aromatic rings. The SMILES string of the molecule is CO[C@@H]1CC[C@]2(OC)CCN(C(=O)Cc3cccc(F)c3)[C@@H]2C1. The van der Waals surface area contributed by atoms with Gasteiger partial charge in [0.1, 0.15) is 5.82 Å². The molecule has 1 aliphatic carbocycles. The third-order valence-electron chi connectivity index (χ3n) is 5.44. The number of nitrogens with zero attached hydrogens (tertiary/aromatic N) is 1. The summed E-state index contributed by atoms with van der Waals surface area (Å²) in [7, 11) is 3.46. The average molecular weight is 321 g/mol. The molecule has 2 fully saturated rings. The van der Waals surface area contributed by atoms with Gasteiger partial charge in [-0.3, -0.25) is 4.79 Å². The molecule has 0 bridgehead atoms. The van der Waals surface area contributed by atoms with Crippen LogP contribution in [0.2, 0.25) is 0 Å². The number of fused-ring (bicyclic) bond motifs is 1. The molecule has 0 unspecified atom stereocenters. The normalized spacial score (nSPS) is 30.3. The first kappa shape index (κ1) is 16.4. The molecule has 126 valence electrons. The van der Waals surface area contributed by atoms with Crippen molar-refractivity contribution in [3.05, 3.63) is 35.6 Å². The highest BCUT2D eigenvalue weighted by atomic mass is 19.1. The fourth-order valence-corrected chi connectivity index (χ4v) is 4.10. The minimum atomic E-state index is -0.305. The lowest BCUT2D eigenvalue weighted by atomic mass is 9.79. The van der Waals surface area contributed by atoms with Crippen molar-refractivity contribution in [2.45, 2.75) is 49.9 Å². The van der Waals surface area contributed by atoms with E-state index in [0.29, 0.717) is 12.1 Å². The van der Waals surface area contributed by atoms with Gasteiger partial charge in [0.2, 0.25) is 5.91 Å². The highest BCUT2D eigenvalue weighted by molar-refractivity contribution is 5.79. The predicted molar refractivity (Wildman–Crippen MR) is 84.6 cm³/mol. The Morgan fingerprint density at radius 2 is 2.22 bits per heavy atom. The summed E-state index contributed by atoms with van der Waals surface area (Å²) in [5.41, 5.74) is 0.469. The molecular formula is C18H24FNO3. The van der Waals surface area contributed by atoms with Crippen molar-refractivity contribution in [2.75, 3.05) is 20.8 Å². The number of hydrogen-bond acceptors (Lipinski definition) is 3. The fraction of sp³-hybridized carbons (Fsp3) is 0.611. The molecule has 2 aliphatic rings. The number of carbonyl (C=O) groups is 1. The van der Waals surface area contributed by atoms with Gasteiger partial charge in [-0.15, -0.1) is 0 Å². The Hall–Kier alpha value is -1.46. The van der Waals surface area contributed by atoms with Crippen molar-refractivity contribution in [1.82, 2.24) is 4.90 Å². The van der Waals surface area contributed by atoms with Crippen molar-refractivity contribution in [3.63, 3.8) is 0 Å². The molecule has 0 N–H and O–H groups in total. The van der Waals surface area contributed by atoms with E-state index in [4.69, 9.17) is 9.47 Å². The van der Waals surface area contributed by atoms with Crippen LogP contribution in [-0.2, 0) is 20.7 Å². The molecule has 5 heteroatoms. The maximum Gasteiger partial charge on any atom is 0.227 e. The monoisotopic (exact) mass is 321 g/mol. The Labute approximate surface area is 136 Å². The molecule has 4 nitrogen and oxygen atoms in total. The van der Waals surface area contributed by atoms with Gasteiger partial charge in [-0.2, -0.15) is 0 Å². The van der Waals surface area contributed by atoms with E-state index in [1.807, 2.05) is 4.90 Å². The van der Waals surface area contributed by atoms with E-state index in [1.54, 1.807) is 26.4 Å². The third-order valence-corrected chi connectivity index (χ3v) is 5.44. The van der Waals surface area contributed by atoms with E-state index in [-0.39, 0.29) is 35.9 Å². The summed E-state index contributed by atoms with van der Waals surface area (Å²) in [5, 5.41) is 0. The van der Waals surface area contributed by atoms with Gasteiger partial charge >= 0.3 is 0 Å². The van der Waals surface area contributed by atoms with Crippen molar-refractivity contribution >= 4 is 5.91 Å². The van der Waals surface area contributed by atoms with Crippen LogP contribution in [0, 0.1) is 5.82 Å². The quantitative estimate of drug-likeness (QED) is 0.855. The smallest absolute Gasteiger partial charge is 0.227 e. The van der Waals surface area contributed by atoms with Crippen LogP contribution in [0.4, 0.5) is 4.39 Å². The molecule has 0 aromatic heterocycles. The summed E-state index contributed by atoms with van der Waals surface area (Å²) in [6.07, 6.45) is 3.94. The Morgan fingerprint density at radius 1 is 1.39 bits per heavy atom. The third kappa shape index (κ3) is 3.12. The first-order valence-electron chi connectivity index (χ1n) is 8.20. The summed E-state index contributed by atoms with van der Waals surface area (Å²) >= 11 is 0. The second kappa shape index (κ2) is 6.57. The van der Waals surface area contributed by atoms with Gasteiger partial charge in [-0.25, -0.2) is 4.39 Å². The summed E-state index contributed by atoms with van der Waals surface area (Å²) in [6, 6.07) is 6.30. The highest BCUT2D eigenvalue weighted by Gasteiger charge is 2.52. The molecule has 1 saturated heterocycles. The molecule has 0 radical (unpaired) electrons. The van der Waals surface area contributed by atoms with Crippen LogP contribution >= 0.6 is 0 Å². The zero-order valence-corrected chi connectivity index (χ0v) is 13.8. The number of carbonyl (C=O) groups excluding carboxylic acids is 1. The lowest BCUT2D eigenvalue weighted by molar-refractivity contribution is -0.140. The van der Waals surface area contributed by atoms with Crippen molar-refractivity contribution in [3.8, 4) is 0 Å². The molecule has 23 heavy (non-hydrogen) atoms. The number of amides is 1. The van der Waals surface area contributed by atoms with Gasteiger partial charge in [0, 0.05) is 20.8 Å². The summed E-state index contributed by atoms with van der Waals surface area (Å²) in [6.45, 7) is 0.698. The van der Waals surface area contributed by atoms with E-state index >= 15 is 0 Å². The standard InChI is InChI=1S/C18H24FNO3/c1-22-15-6-7-18(23-2)8-9-20(16(18)12-15)17(21)11-13-4-3-5-14(19)10-13/h3-5,10,15-16H,6-9,11-12H2,1-2H3/t15-,16-,18+/m1/s1. The number of halogens is 1. The molecule has 1 amide bonds. The summed E-state index contributed by atoms with van der Waals surface area (Å²) < 4.78 is 24.7. The first-order chi connectivity index (χ1) is 11.1. The topological polar surface area (TPSA) is 38.8 Å². The lowest BCUT2D eigenvalue weighted by Crippen LogP contribution is -2.53. The maximum atomic E-state index is 13.3. The Kier molecular flexibility index (Phi) is 4.69. The maximum absolute atomic E-state index is 13.3. The van der Waals surface area contributed by atoms with Crippen LogP contribution in [-0.4, -0.2) is 49.3 Å². The first-order valence-corrected chi connectivity index (χ1v) is 8.20. The van der Waals surface area contributed by atoms with Crippen LogP contribution in [0.15, 0.2) is 24.3 Å². The number of methoxy groups -OCH3 is 2. The minimum absolute atomic E-state index is 0.0382. The number of hydrogen-bond donors (Lipinski definition) is 0. The van der Waals surface area contributed by atoms with Gasteiger partial charge in [0.25, 0.3) is 0 Å². The van der Waals surface area contributed by atoms with Gasteiger partial charge in [-0.05, 0) is 43.4 Å². The predicted octanol–water partition coefficient (Wildman–Crippen LogP) is 2.55. The highest BCUT2D eigenvalue weighted by Crippen LogP contribution is 2.43. The van der Waals surface area contributed by atoms with E-state index < -0.39 is 0 Å². The number of likely N-dealkylation sites (tertiary alicyclic amines) is 1. The Balaban J connectivity index is 1.75. The molecule has 0 spiro atoms. The van der Waals surface area contributed by atoms with Crippen LogP contribution in [0.3, 0.4) is 0 Å². The van der Waals surface area contributed by atoms with Crippen LogP contribution < -0.4 is 0 Å². The van der Waals surface area contributed by atoms with Crippen molar-refractivity contribution < 1.29 is 18.7 Å². The van der Waals surface area contributed by atoms with Crippen LogP contribution in [0.5, 0.6) is 0 Å². The molecule has 1 saturated carbocycles. The van der Waals surface area contributed by atoms with Gasteiger partial charge in [-0.1, -0.05) is 12.1 Å². The molecule has 1 heterocycles. The lowest BCUT2D eigenvalue weighted by Gasteiger charge is -2.43. The van der Waals surface area contributed by atoms with Gasteiger partial charge in [0.05, 0.1) is 24.2 Å². The molecule has 1 aromatic carbocycles. The zero-order chi connectivity index (χ0) is 16.4. The van der Waals surface area contributed by atoms with E-state index in [2.05, 4.69) is 0 Å². The van der Waals surface area contributed by atoms with Crippen molar-refractivity contribution in [1.29, 1.82) is 0 Å². The molecule has 1 aliphatic heterocycles. The Morgan fingerprint density at radius 3 is 2.91 bits per heavy atom. The Bertz CT molecular complexity index is 579. The second-order valence-corrected chi connectivity index (χ2v) is 6.56. The molecular weight excluding hydrogens is 297 g/mol. The van der Waals surface area contributed by atoms with Crippen molar-refractivity contribution in [2.24, 2.45) is 0 Å². The van der Waals surface area contributed by atoms with Crippen LogP contribution in [0.25, 0.3) is 0 Å². The minimum Gasteiger partial charge on any atom is -0.381 e. The average Bonchev–Trinajstić information content (AvgIpc) is 2.94. The zero-order valence-electron chi connectivity index (χ0n) is 13.8. The molecule has 3 rings (SSSR count). The van der Waals surface area contributed by atoms with E-state index in [1.165, 1.54) is 12.1 Å². The van der Waals surface area contributed by atoms with E-state index in [9.17, 15) is 9.18 Å². The molecule has 3 atom stereocenters. The summed E-state index contributed by atoms with van der Waals surface area (Å²) in [5.74, 6) is -0.267.